The van der Waals surface area contributed by atoms with Gasteiger partial charge >= 0.3 is 0 Å². The summed E-state index contributed by atoms with van der Waals surface area (Å²) in [6, 6.07) is 10.3. The van der Waals surface area contributed by atoms with E-state index < -0.39 is 5.82 Å². The van der Waals surface area contributed by atoms with Gasteiger partial charge in [0.2, 0.25) is 0 Å². The van der Waals surface area contributed by atoms with E-state index >= 15 is 0 Å². The molecule has 0 amide bonds. The number of hydrogen-bond donors (Lipinski definition) is 0. The lowest BCUT2D eigenvalue weighted by Gasteiger charge is -2.06. The standard InChI is InChI=1S/C17H11FN2O/c18-14-6-7-16-19-15(9-17(21)20(16)10-14)13-5-4-11-2-1-3-12(11)8-13/h1,3-10H,2H2. The van der Waals surface area contributed by atoms with E-state index in [1.807, 2.05) is 12.1 Å². The zero-order chi connectivity index (χ0) is 14.4. The quantitative estimate of drug-likeness (QED) is 0.685. The molecule has 0 bridgehead atoms. The zero-order valence-electron chi connectivity index (χ0n) is 11.1. The molecule has 0 fully saturated rings. The van der Waals surface area contributed by atoms with Gasteiger partial charge in [0, 0.05) is 17.8 Å². The number of pyridine rings is 1. The maximum absolute atomic E-state index is 13.2. The van der Waals surface area contributed by atoms with Gasteiger partial charge in [-0.1, -0.05) is 24.3 Å². The summed E-state index contributed by atoms with van der Waals surface area (Å²) in [7, 11) is 0. The van der Waals surface area contributed by atoms with Gasteiger partial charge in [-0.2, -0.15) is 0 Å². The highest BCUT2D eigenvalue weighted by atomic mass is 19.1. The van der Waals surface area contributed by atoms with Crippen molar-refractivity contribution < 1.29 is 4.39 Å². The van der Waals surface area contributed by atoms with Crippen LogP contribution in [0.5, 0.6) is 0 Å². The molecular weight excluding hydrogens is 267 g/mol. The molecule has 1 aliphatic carbocycles. The molecule has 1 aromatic carbocycles. The highest BCUT2D eigenvalue weighted by molar-refractivity contribution is 5.70. The van der Waals surface area contributed by atoms with Crippen molar-refractivity contribution in [2.24, 2.45) is 0 Å². The molecule has 0 radical (unpaired) electrons. The Kier molecular flexibility index (Phi) is 2.51. The van der Waals surface area contributed by atoms with Gasteiger partial charge in [0.25, 0.3) is 5.56 Å². The van der Waals surface area contributed by atoms with Gasteiger partial charge in [0.1, 0.15) is 11.5 Å². The van der Waals surface area contributed by atoms with Crippen molar-refractivity contribution in [1.82, 2.24) is 9.38 Å². The fourth-order valence-electron chi connectivity index (χ4n) is 2.63. The molecule has 21 heavy (non-hydrogen) atoms. The van der Waals surface area contributed by atoms with Crippen LogP contribution >= 0.6 is 0 Å². The van der Waals surface area contributed by atoms with E-state index in [4.69, 9.17) is 0 Å². The number of allylic oxidation sites excluding steroid dienone is 1. The van der Waals surface area contributed by atoms with Crippen LogP contribution in [0, 0.1) is 5.82 Å². The number of halogens is 1. The summed E-state index contributed by atoms with van der Waals surface area (Å²) in [6.07, 6.45) is 6.28. The second-order valence-corrected chi connectivity index (χ2v) is 5.08. The Morgan fingerprint density at radius 3 is 2.95 bits per heavy atom. The van der Waals surface area contributed by atoms with E-state index in [0.29, 0.717) is 11.3 Å². The summed E-state index contributed by atoms with van der Waals surface area (Å²) in [5.74, 6) is -0.457. The molecule has 1 aliphatic rings. The average Bonchev–Trinajstić information content (AvgIpc) is 2.95. The molecule has 3 aromatic rings. The van der Waals surface area contributed by atoms with Crippen LogP contribution < -0.4 is 5.56 Å². The third kappa shape index (κ3) is 1.96. The molecule has 2 heterocycles. The second-order valence-electron chi connectivity index (χ2n) is 5.08. The van der Waals surface area contributed by atoms with Gasteiger partial charge in [0.15, 0.2) is 0 Å². The Morgan fingerprint density at radius 1 is 1.14 bits per heavy atom. The van der Waals surface area contributed by atoms with E-state index in [1.165, 1.54) is 28.2 Å². The van der Waals surface area contributed by atoms with Crippen molar-refractivity contribution in [3.05, 3.63) is 76.0 Å². The summed E-state index contributed by atoms with van der Waals surface area (Å²) >= 11 is 0. The molecule has 0 saturated heterocycles. The van der Waals surface area contributed by atoms with E-state index in [0.717, 1.165) is 23.7 Å². The maximum Gasteiger partial charge on any atom is 0.258 e. The first-order chi connectivity index (χ1) is 10.2. The van der Waals surface area contributed by atoms with Crippen LogP contribution in [-0.2, 0) is 6.42 Å². The van der Waals surface area contributed by atoms with Crippen LogP contribution in [0.3, 0.4) is 0 Å². The summed E-state index contributed by atoms with van der Waals surface area (Å²) in [6.45, 7) is 0. The maximum atomic E-state index is 13.2. The van der Waals surface area contributed by atoms with Crippen LogP contribution in [0.4, 0.5) is 4.39 Å². The lowest BCUT2D eigenvalue weighted by molar-refractivity contribution is 0.617. The molecule has 0 aliphatic heterocycles. The van der Waals surface area contributed by atoms with Crippen LogP contribution in [0.2, 0.25) is 0 Å². The van der Waals surface area contributed by atoms with Gasteiger partial charge < -0.3 is 0 Å². The van der Waals surface area contributed by atoms with Gasteiger partial charge in [-0.25, -0.2) is 9.37 Å². The third-order valence-electron chi connectivity index (χ3n) is 3.70. The van der Waals surface area contributed by atoms with Crippen molar-refractivity contribution in [3.63, 3.8) is 0 Å². The smallest absolute Gasteiger partial charge is 0.258 e. The second kappa shape index (κ2) is 4.38. The number of hydrogen-bond acceptors (Lipinski definition) is 2. The van der Waals surface area contributed by atoms with E-state index in [-0.39, 0.29) is 5.56 Å². The van der Waals surface area contributed by atoms with Gasteiger partial charge in [-0.3, -0.25) is 9.20 Å². The molecule has 3 nitrogen and oxygen atoms in total. The van der Waals surface area contributed by atoms with E-state index in [1.54, 1.807) is 0 Å². The first-order valence-electron chi connectivity index (χ1n) is 6.69. The summed E-state index contributed by atoms with van der Waals surface area (Å²) in [4.78, 5) is 16.5. The fourth-order valence-corrected chi connectivity index (χ4v) is 2.63. The molecule has 2 aromatic heterocycles. The number of aromatic nitrogens is 2. The lowest BCUT2D eigenvalue weighted by Crippen LogP contribution is -2.14. The molecule has 4 rings (SSSR count). The van der Waals surface area contributed by atoms with E-state index in [9.17, 15) is 9.18 Å². The van der Waals surface area contributed by atoms with Gasteiger partial charge in [-0.15, -0.1) is 0 Å². The normalized spacial score (nSPS) is 12.8. The minimum absolute atomic E-state index is 0.287. The lowest BCUT2D eigenvalue weighted by atomic mass is 10.0. The van der Waals surface area contributed by atoms with Crippen molar-refractivity contribution >= 4 is 11.7 Å². The molecule has 0 spiro atoms. The number of nitrogens with zero attached hydrogens (tertiary/aromatic N) is 2. The van der Waals surface area contributed by atoms with Gasteiger partial charge in [-0.05, 0) is 35.7 Å². The Labute approximate surface area is 120 Å². The largest absolute Gasteiger partial charge is 0.269 e. The van der Waals surface area contributed by atoms with Crippen LogP contribution in [0.25, 0.3) is 23.0 Å². The monoisotopic (exact) mass is 278 g/mol. The topological polar surface area (TPSA) is 34.4 Å². The first kappa shape index (κ1) is 12.0. The predicted molar refractivity (Wildman–Crippen MR) is 79.6 cm³/mol. The minimum atomic E-state index is -0.457. The number of rotatable bonds is 1. The zero-order valence-corrected chi connectivity index (χ0v) is 11.1. The highest BCUT2D eigenvalue weighted by Crippen LogP contribution is 2.25. The highest BCUT2D eigenvalue weighted by Gasteiger charge is 2.09. The Bertz CT molecular complexity index is 957. The Hall–Kier alpha value is -2.75. The third-order valence-corrected chi connectivity index (χ3v) is 3.70. The van der Waals surface area contributed by atoms with Crippen molar-refractivity contribution in [1.29, 1.82) is 0 Å². The minimum Gasteiger partial charge on any atom is -0.269 e. The Morgan fingerprint density at radius 2 is 2.05 bits per heavy atom. The number of benzene rings is 1. The van der Waals surface area contributed by atoms with Crippen molar-refractivity contribution in [2.45, 2.75) is 6.42 Å². The van der Waals surface area contributed by atoms with Crippen LogP contribution in [0.15, 0.2) is 53.5 Å². The van der Waals surface area contributed by atoms with Crippen molar-refractivity contribution in [2.75, 3.05) is 0 Å². The van der Waals surface area contributed by atoms with Crippen molar-refractivity contribution in [3.8, 4) is 11.3 Å². The number of fused-ring (bicyclic) bond motifs is 2. The molecule has 4 heteroatoms. The average molecular weight is 278 g/mol. The van der Waals surface area contributed by atoms with Gasteiger partial charge in [0.05, 0.1) is 5.69 Å². The first-order valence-corrected chi connectivity index (χ1v) is 6.69. The van der Waals surface area contributed by atoms with E-state index in [2.05, 4.69) is 23.2 Å². The van der Waals surface area contributed by atoms with Crippen LogP contribution in [-0.4, -0.2) is 9.38 Å². The summed E-state index contributed by atoms with van der Waals surface area (Å²) in [5.41, 5.74) is 4.09. The Balaban J connectivity index is 1.93. The molecule has 0 saturated carbocycles. The molecule has 0 unspecified atom stereocenters. The summed E-state index contributed by atoms with van der Waals surface area (Å²) < 4.78 is 14.4. The molecular formula is C17H11FN2O. The fraction of sp³-hybridized carbons (Fsp3) is 0.0588. The molecule has 0 N–H and O–H groups in total. The van der Waals surface area contributed by atoms with Crippen LogP contribution in [0.1, 0.15) is 11.1 Å². The summed E-state index contributed by atoms with van der Waals surface area (Å²) in [5, 5.41) is 0. The molecule has 0 atom stereocenters. The predicted octanol–water partition coefficient (Wildman–Crippen LogP) is 3.07. The molecule has 102 valence electrons. The SMILES string of the molecule is O=c1cc(-c2ccc3c(c2)C=CC3)nc2ccc(F)cn12.